The predicted octanol–water partition coefficient (Wildman–Crippen LogP) is 2.95. The van der Waals surface area contributed by atoms with Gasteiger partial charge in [-0.25, -0.2) is 4.39 Å². The third kappa shape index (κ3) is 3.54. The summed E-state index contributed by atoms with van der Waals surface area (Å²) in [5.41, 5.74) is 1.24. The standard InChI is InChI=1S/C14H14FNO2S/c1-9(6-10-4-5-19-8-10)16-14(18)12-3-2-11(15)7-13(12)17/h2-5,7-9,17H,6H2,1H3,(H,16,18). The number of carbonyl (C=O) groups excluding carboxylic acids is 1. The molecule has 0 bridgehead atoms. The fourth-order valence-corrected chi connectivity index (χ4v) is 2.49. The number of halogens is 1. The molecule has 0 aliphatic heterocycles. The van der Waals surface area contributed by atoms with Gasteiger partial charge in [0.2, 0.25) is 0 Å². The molecule has 2 aromatic rings. The molecule has 1 heterocycles. The van der Waals surface area contributed by atoms with Gasteiger partial charge in [-0.2, -0.15) is 11.3 Å². The van der Waals surface area contributed by atoms with E-state index in [2.05, 4.69) is 5.32 Å². The number of phenols is 1. The average Bonchev–Trinajstić information content (AvgIpc) is 2.81. The smallest absolute Gasteiger partial charge is 0.255 e. The summed E-state index contributed by atoms with van der Waals surface area (Å²) in [7, 11) is 0. The SMILES string of the molecule is CC(Cc1ccsc1)NC(=O)c1ccc(F)cc1O. The van der Waals surface area contributed by atoms with Gasteiger partial charge in [0.1, 0.15) is 11.6 Å². The van der Waals surface area contributed by atoms with Crippen molar-refractivity contribution >= 4 is 17.2 Å². The number of amides is 1. The maximum Gasteiger partial charge on any atom is 0.255 e. The number of hydrogen-bond donors (Lipinski definition) is 2. The van der Waals surface area contributed by atoms with E-state index in [-0.39, 0.29) is 17.4 Å². The molecular weight excluding hydrogens is 265 g/mol. The van der Waals surface area contributed by atoms with E-state index in [1.807, 2.05) is 23.8 Å². The summed E-state index contributed by atoms with van der Waals surface area (Å²) in [4.78, 5) is 11.9. The Balaban J connectivity index is 2.00. The van der Waals surface area contributed by atoms with Crippen LogP contribution in [0.15, 0.2) is 35.0 Å². The van der Waals surface area contributed by atoms with Gasteiger partial charge in [0, 0.05) is 12.1 Å². The Morgan fingerprint density at radius 3 is 2.89 bits per heavy atom. The van der Waals surface area contributed by atoms with Crippen LogP contribution in [0, 0.1) is 5.82 Å². The zero-order chi connectivity index (χ0) is 13.8. The van der Waals surface area contributed by atoms with Crippen molar-refractivity contribution in [3.8, 4) is 5.75 Å². The van der Waals surface area contributed by atoms with Gasteiger partial charge in [-0.15, -0.1) is 0 Å². The summed E-state index contributed by atoms with van der Waals surface area (Å²) in [5, 5.41) is 16.3. The van der Waals surface area contributed by atoms with Crippen molar-refractivity contribution < 1.29 is 14.3 Å². The fourth-order valence-electron chi connectivity index (χ4n) is 1.81. The molecule has 100 valence electrons. The quantitative estimate of drug-likeness (QED) is 0.904. The minimum Gasteiger partial charge on any atom is -0.507 e. The Labute approximate surface area is 114 Å². The van der Waals surface area contributed by atoms with E-state index in [4.69, 9.17) is 0 Å². The normalized spacial score (nSPS) is 12.1. The van der Waals surface area contributed by atoms with Crippen LogP contribution in [-0.4, -0.2) is 17.1 Å². The highest BCUT2D eigenvalue weighted by atomic mass is 32.1. The summed E-state index contributed by atoms with van der Waals surface area (Å²) in [5.74, 6) is -1.32. The van der Waals surface area contributed by atoms with E-state index < -0.39 is 11.7 Å². The van der Waals surface area contributed by atoms with Crippen molar-refractivity contribution in [2.24, 2.45) is 0 Å². The van der Waals surface area contributed by atoms with Crippen LogP contribution in [0.5, 0.6) is 5.75 Å². The van der Waals surface area contributed by atoms with E-state index in [0.717, 1.165) is 24.1 Å². The summed E-state index contributed by atoms with van der Waals surface area (Å²) < 4.78 is 12.8. The molecule has 0 radical (unpaired) electrons. The number of thiophene rings is 1. The van der Waals surface area contributed by atoms with Crippen LogP contribution in [0.3, 0.4) is 0 Å². The van der Waals surface area contributed by atoms with Crippen molar-refractivity contribution in [2.45, 2.75) is 19.4 Å². The minimum atomic E-state index is -0.569. The molecule has 0 saturated carbocycles. The third-order valence-electron chi connectivity index (χ3n) is 2.70. The topological polar surface area (TPSA) is 49.3 Å². The Morgan fingerprint density at radius 2 is 2.26 bits per heavy atom. The number of rotatable bonds is 4. The molecule has 0 aliphatic carbocycles. The zero-order valence-corrected chi connectivity index (χ0v) is 11.2. The monoisotopic (exact) mass is 279 g/mol. The van der Waals surface area contributed by atoms with Crippen molar-refractivity contribution in [2.75, 3.05) is 0 Å². The molecule has 2 rings (SSSR count). The molecule has 0 spiro atoms. The van der Waals surface area contributed by atoms with Crippen molar-refractivity contribution in [3.05, 3.63) is 52.0 Å². The van der Waals surface area contributed by atoms with Gasteiger partial charge in [0.25, 0.3) is 5.91 Å². The number of aromatic hydroxyl groups is 1. The highest BCUT2D eigenvalue weighted by molar-refractivity contribution is 7.07. The molecule has 1 aromatic heterocycles. The van der Waals surface area contributed by atoms with Crippen molar-refractivity contribution in [1.29, 1.82) is 0 Å². The summed E-state index contributed by atoms with van der Waals surface area (Å²) in [6, 6.07) is 5.29. The Bertz CT molecular complexity index is 569. The number of phenolic OH excluding ortho intramolecular Hbond substituents is 1. The number of carbonyl (C=O) groups is 1. The minimum absolute atomic E-state index is 0.0634. The maximum atomic E-state index is 12.8. The van der Waals surface area contributed by atoms with Gasteiger partial charge in [0.05, 0.1) is 5.56 Å². The summed E-state index contributed by atoms with van der Waals surface area (Å²) in [6.07, 6.45) is 0.719. The average molecular weight is 279 g/mol. The molecule has 1 atom stereocenters. The van der Waals surface area contributed by atoms with Crippen molar-refractivity contribution in [3.63, 3.8) is 0 Å². The lowest BCUT2D eigenvalue weighted by Gasteiger charge is -2.13. The van der Waals surface area contributed by atoms with Crippen LogP contribution in [0.1, 0.15) is 22.8 Å². The first-order valence-corrected chi connectivity index (χ1v) is 6.81. The van der Waals surface area contributed by atoms with Crippen LogP contribution in [-0.2, 0) is 6.42 Å². The lowest BCUT2D eigenvalue weighted by molar-refractivity contribution is 0.0937. The first-order valence-electron chi connectivity index (χ1n) is 5.86. The Hall–Kier alpha value is -1.88. The van der Waals surface area contributed by atoms with Gasteiger partial charge >= 0.3 is 0 Å². The van der Waals surface area contributed by atoms with Crippen molar-refractivity contribution in [1.82, 2.24) is 5.32 Å². The van der Waals surface area contributed by atoms with E-state index >= 15 is 0 Å². The molecule has 2 N–H and O–H groups in total. The van der Waals surface area contributed by atoms with Gasteiger partial charge in [-0.1, -0.05) is 0 Å². The molecule has 5 heteroatoms. The van der Waals surface area contributed by atoms with E-state index in [9.17, 15) is 14.3 Å². The number of nitrogens with one attached hydrogen (secondary N) is 1. The molecule has 1 unspecified atom stereocenters. The maximum absolute atomic E-state index is 12.8. The second-order valence-electron chi connectivity index (χ2n) is 4.37. The number of hydrogen-bond acceptors (Lipinski definition) is 3. The second-order valence-corrected chi connectivity index (χ2v) is 5.15. The van der Waals surface area contributed by atoms with E-state index in [1.54, 1.807) is 11.3 Å². The highest BCUT2D eigenvalue weighted by Crippen LogP contribution is 2.18. The lowest BCUT2D eigenvalue weighted by atomic mass is 10.1. The van der Waals surface area contributed by atoms with Crippen LogP contribution < -0.4 is 5.32 Å². The molecule has 0 fully saturated rings. The second kappa shape index (κ2) is 5.84. The largest absolute Gasteiger partial charge is 0.507 e. The van der Waals surface area contributed by atoms with Gasteiger partial charge in [0.15, 0.2) is 0 Å². The first kappa shape index (κ1) is 13.5. The van der Waals surface area contributed by atoms with Crippen LogP contribution in [0.4, 0.5) is 4.39 Å². The molecule has 19 heavy (non-hydrogen) atoms. The third-order valence-corrected chi connectivity index (χ3v) is 3.44. The number of benzene rings is 1. The Morgan fingerprint density at radius 1 is 1.47 bits per heavy atom. The zero-order valence-electron chi connectivity index (χ0n) is 10.4. The molecule has 1 aromatic carbocycles. The lowest BCUT2D eigenvalue weighted by Crippen LogP contribution is -2.34. The predicted molar refractivity (Wildman–Crippen MR) is 73.0 cm³/mol. The first-order chi connectivity index (χ1) is 9.06. The molecule has 3 nitrogen and oxygen atoms in total. The summed E-state index contributed by atoms with van der Waals surface area (Å²) in [6.45, 7) is 1.89. The van der Waals surface area contributed by atoms with Gasteiger partial charge in [-0.05, 0) is 47.9 Å². The van der Waals surface area contributed by atoms with Gasteiger partial charge in [-0.3, -0.25) is 4.79 Å². The molecular formula is C14H14FNO2S. The fraction of sp³-hybridized carbons (Fsp3) is 0.214. The van der Waals surface area contributed by atoms with Crippen LogP contribution >= 0.6 is 11.3 Å². The van der Waals surface area contributed by atoms with E-state index in [0.29, 0.717) is 0 Å². The van der Waals surface area contributed by atoms with E-state index in [1.165, 1.54) is 6.07 Å². The molecule has 0 saturated heterocycles. The van der Waals surface area contributed by atoms with Crippen LogP contribution in [0.25, 0.3) is 0 Å². The molecule has 1 amide bonds. The van der Waals surface area contributed by atoms with Gasteiger partial charge < -0.3 is 10.4 Å². The highest BCUT2D eigenvalue weighted by Gasteiger charge is 2.14. The van der Waals surface area contributed by atoms with Crippen LogP contribution in [0.2, 0.25) is 0 Å². The summed E-state index contributed by atoms with van der Waals surface area (Å²) >= 11 is 1.61. The Kier molecular flexibility index (Phi) is 4.16. The molecule has 0 aliphatic rings.